The number of hydrogen-bond acceptors (Lipinski definition) is 7. The lowest BCUT2D eigenvalue weighted by Gasteiger charge is -2.11. The molecule has 0 aliphatic carbocycles. The van der Waals surface area contributed by atoms with Crippen molar-refractivity contribution in [3.63, 3.8) is 0 Å². The van der Waals surface area contributed by atoms with Crippen LogP contribution in [0, 0.1) is 6.92 Å². The van der Waals surface area contributed by atoms with Gasteiger partial charge >= 0.3 is 5.97 Å². The van der Waals surface area contributed by atoms with Gasteiger partial charge in [0.1, 0.15) is 0 Å². The lowest BCUT2D eigenvalue weighted by Crippen LogP contribution is -2.12. The maximum atomic E-state index is 11.8. The lowest BCUT2D eigenvalue weighted by atomic mass is 10.1. The number of benzene rings is 2. The van der Waals surface area contributed by atoms with Crippen molar-refractivity contribution in [3.05, 3.63) is 54.1 Å². The van der Waals surface area contributed by atoms with Crippen molar-refractivity contribution < 1.29 is 17.9 Å². The second-order valence-corrected chi connectivity index (χ2v) is 8.64. The summed E-state index contributed by atoms with van der Waals surface area (Å²) >= 11 is 1.19. The summed E-state index contributed by atoms with van der Waals surface area (Å²) in [6, 6.07) is 13.9. The normalized spacial score (nSPS) is 11.4. The van der Waals surface area contributed by atoms with Crippen LogP contribution in [-0.2, 0) is 19.6 Å². The summed E-state index contributed by atoms with van der Waals surface area (Å²) in [6.45, 7) is 4.03. The first-order valence-electron chi connectivity index (χ1n) is 8.73. The van der Waals surface area contributed by atoms with Crippen molar-refractivity contribution in [1.29, 1.82) is 0 Å². The fourth-order valence-corrected chi connectivity index (χ4v) is 3.86. The summed E-state index contributed by atoms with van der Waals surface area (Å²) in [5.74, 6) is 0.294. The van der Waals surface area contributed by atoms with E-state index in [2.05, 4.69) is 10.2 Å². The molecule has 0 saturated carbocycles. The van der Waals surface area contributed by atoms with Crippen molar-refractivity contribution in [3.8, 4) is 17.1 Å². The number of carbonyl (C=O) groups is 1. The Bertz CT molecular complexity index is 1110. The van der Waals surface area contributed by atoms with Crippen LogP contribution >= 0.6 is 11.8 Å². The number of aryl methyl sites for hydroxylation is 1. The minimum atomic E-state index is -3.80. The summed E-state index contributed by atoms with van der Waals surface area (Å²) < 4.78 is 29.8. The van der Waals surface area contributed by atoms with E-state index in [1.807, 2.05) is 31.2 Å². The van der Waals surface area contributed by atoms with Crippen LogP contribution in [0.4, 0.5) is 0 Å². The third kappa shape index (κ3) is 5.03. The van der Waals surface area contributed by atoms with Crippen molar-refractivity contribution in [1.82, 2.24) is 14.8 Å². The van der Waals surface area contributed by atoms with E-state index in [1.54, 1.807) is 23.6 Å². The first kappa shape index (κ1) is 21.0. The highest BCUT2D eigenvalue weighted by atomic mass is 32.2. The Hall–Kier alpha value is -2.69. The second kappa shape index (κ2) is 8.76. The number of nitrogens with zero attached hydrogens (tertiary/aromatic N) is 3. The van der Waals surface area contributed by atoms with Crippen molar-refractivity contribution in [2.24, 2.45) is 5.14 Å². The van der Waals surface area contributed by atoms with E-state index < -0.39 is 10.0 Å². The highest BCUT2D eigenvalue weighted by Crippen LogP contribution is 2.28. The van der Waals surface area contributed by atoms with Gasteiger partial charge in [-0.2, -0.15) is 0 Å². The maximum Gasteiger partial charge on any atom is 0.316 e. The quantitative estimate of drug-likeness (QED) is 0.450. The highest BCUT2D eigenvalue weighted by molar-refractivity contribution is 7.99. The molecule has 0 unspecified atom stereocenters. The molecule has 0 spiro atoms. The van der Waals surface area contributed by atoms with Gasteiger partial charge in [-0.3, -0.25) is 9.36 Å². The number of nitrogens with two attached hydrogens (primary N) is 1. The van der Waals surface area contributed by atoms with Gasteiger partial charge in [-0.1, -0.05) is 41.6 Å². The smallest absolute Gasteiger partial charge is 0.316 e. The average Bonchev–Trinajstić information content (AvgIpc) is 3.10. The topological polar surface area (TPSA) is 117 Å². The number of rotatable bonds is 7. The van der Waals surface area contributed by atoms with E-state index in [1.165, 1.54) is 23.9 Å². The SMILES string of the molecule is CCOC(=O)CSc1nnc(-c2ccc(C)cc2)n1-c1ccc(S(N)(=O)=O)cc1. The third-order valence-electron chi connectivity index (χ3n) is 3.99. The zero-order valence-corrected chi connectivity index (χ0v) is 17.5. The first-order valence-corrected chi connectivity index (χ1v) is 11.3. The molecule has 3 aromatic rings. The van der Waals surface area contributed by atoms with Gasteiger partial charge in [0.05, 0.1) is 17.3 Å². The van der Waals surface area contributed by atoms with Gasteiger partial charge in [-0.05, 0) is 38.1 Å². The number of aromatic nitrogens is 3. The molecule has 8 nitrogen and oxygen atoms in total. The minimum Gasteiger partial charge on any atom is -0.465 e. The summed E-state index contributed by atoms with van der Waals surface area (Å²) in [5, 5.41) is 14.2. The van der Waals surface area contributed by atoms with Crippen LogP contribution in [0.25, 0.3) is 17.1 Å². The Kier molecular flexibility index (Phi) is 6.36. The Morgan fingerprint density at radius 1 is 1.10 bits per heavy atom. The fraction of sp³-hybridized carbons (Fsp3) is 0.211. The highest BCUT2D eigenvalue weighted by Gasteiger charge is 2.18. The van der Waals surface area contributed by atoms with Crippen LogP contribution in [0.2, 0.25) is 0 Å². The third-order valence-corrected chi connectivity index (χ3v) is 5.82. The molecule has 0 radical (unpaired) electrons. The fourth-order valence-electron chi connectivity index (χ4n) is 2.60. The average molecular weight is 433 g/mol. The number of primary sulfonamides is 1. The molecule has 152 valence electrons. The van der Waals surface area contributed by atoms with Crippen LogP contribution in [0.3, 0.4) is 0 Å². The standard InChI is InChI=1S/C19H20N4O4S2/c1-3-27-17(24)12-28-19-22-21-18(14-6-4-13(2)5-7-14)23(19)15-8-10-16(11-9-15)29(20,25)26/h4-11H,3,12H2,1-2H3,(H2,20,25,26). The molecular weight excluding hydrogens is 412 g/mol. The largest absolute Gasteiger partial charge is 0.465 e. The number of thioether (sulfide) groups is 1. The monoisotopic (exact) mass is 432 g/mol. The van der Waals surface area contributed by atoms with Crippen molar-refractivity contribution >= 4 is 27.8 Å². The van der Waals surface area contributed by atoms with Gasteiger partial charge in [0.25, 0.3) is 0 Å². The van der Waals surface area contributed by atoms with Gasteiger partial charge in [-0.25, -0.2) is 13.6 Å². The molecule has 0 aliphatic rings. The summed E-state index contributed by atoms with van der Waals surface area (Å²) in [4.78, 5) is 11.8. The van der Waals surface area contributed by atoms with Crippen LogP contribution in [0.1, 0.15) is 12.5 Å². The Balaban J connectivity index is 2.04. The summed E-state index contributed by atoms with van der Waals surface area (Å²) in [7, 11) is -3.80. The van der Waals surface area contributed by atoms with E-state index in [9.17, 15) is 13.2 Å². The number of sulfonamides is 1. The van der Waals surface area contributed by atoms with Gasteiger partial charge in [-0.15, -0.1) is 10.2 Å². The van der Waals surface area contributed by atoms with Crippen LogP contribution in [-0.4, -0.2) is 41.5 Å². The Morgan fingerprint density at radius 2 is 1.76 bits per heavy atom. The first-order chi connectivity index (χ1) is 13.8. The van der Waals surface area contributed by atoms with Crippen molar-refractivity contribution in [2.75, 3.05) is 12.4 Å². The molecule has 2 aromatic carbocycles. The minimum absolute atomic E-state index is 0.00642. The molecule has 0 amide bonds. The van der Waals surface area contributed by atoms with Crippen molar-refractivity contribution in [2.45, 2.75) is 23.9 Å². The molecule has 29 heavy (non-hydrogen) atoms. The van der Waals surface area contributed by atoms with Gasteiger partial charge in [0.15, 0.2) is 11.0 Å². The summed E-state index contributed by atoms with van der Waals surface area (Å²) in [5.41, 5.74) is 2.58. The molecule has 1 heterocycles. The molecule has 0 atom stereocenters. The molecule has 0 aliphatic heterocycles. The Labute approximate surface area is 173 Å². The van der Waals surface area contributed by atoms with E-state index in [-0.39, 0.29) is 16.6 Å². The van der Waals surface area contributed by atoms with E-state index in [4.69, 9.17) is 9.88 Å². The molecule has 0 bridgehead atoms. The molecular formula is C19H20N4O4S2. The van der Waals surface area contributed by atoms with Crippen LogP contribution in [0.5, 0.6) is 0 Å². The maximum absolute atomic E-state index is 11.8. The van der Waals surface area contributed by atoms with E-state index >= 15 is 0 Å². The van der Waals surface area contributed by atoms with Gasteiger partial charge < -0.3 is 4.74 Å². The Morgan fingerprint density at radius 3 is 2.34 bits per heavy atom. The lowest BCUT2D eigenvalue weighted by molar-refractivity contribution is -0.139. The van der Waals surface area contributed by atoms with E-state index in [0.29, 0.717) is 23.3 Å². The van der Waals surface area contributed by atoms with Gasteiger partial charge in [0.2, 0.25) is 10.0 Å². The number of ether oxygens (including phenoxy) is 1. The molecule has 0 fully saturated rings. The number of esters is 1. The van der Waals surface area contributed by atoms with Crippen LogP contribution < -0.4 is 5.14 Å². The molecule has 10 heteroatoms. The molecule has 2 N–H and O–H groups in total. The zero-order chi connectivity index (χ0) is 21.0. The van der Waals surface area contributed by atoms with E-state index in [0.717, 1.165) is 11.1 Å². The predicted molar refractivity (Wildman–Crippen MR) is 110 cm³/mol. The number of carbonyl (C=O) groups excluding carboxylic acids is 1. The molecule has 0 saturated heterocycles. The second-order valence-electron chi connectivity index (χ2n) is 6.14. The summed E-state index contributed by atoms with van der Waals surface area (Å²) in [6.07, 6.45) is 0. The number of hydrogen-bond donors (Lipinski definition) is 1. The van der Waals surface area contributed by atoms with Crippen LogP contribution in [0.15, 0.2) is 58.6 Å². The molecule has 1 aromatic heterocycles. The van der Waals surface area contributed by atoms with Gasteiger partial charge in [0, 0.05) is 11.3 Å². The predicted octanol–water partition coefficient (Wildman–Crippen LogP) is 2.55. The zero-order valence-electron chi connectivity index (χ0n) is 15.9. The molecule has 3 rings (SSSR count).